The fourth-order valence-corrected chi connectivity index (χ4v) is 5.24. The number of rotatable bonds is 8. The Morgan fingerprint density at radius 1 is 1.20 bits per heavy atom. The number of sulfonamides is 1. The summed E-state index contributed by atoms with van der Waals surface area (Å²) in [6.45, 7) is 4.17. The maximum Gasteiger partial charge on any atom is 0.251 e. The number of aryl methyl sites for hydroxylation is 1. The van der Waals surface area contributed by atoms with Crippen LogP contribution in [-0.2, 0) is 10.0 Å². The zero-order valence-corrected chi connectivity index (χ0v) is 18.1. The van der Waals surface area contributed by atoms with Gasteiger partial charge in [-0.1, -0.05) is 12.5 Å². The third kappa shape index (κ3) is 4.94. The molecule has 1 amide bonds. The lowest BCUT2D eigenvalue weighted by molar-refractivity contribution is 0.0913. The third-order valence-corrected chi connectivity index (χ3v) is 7.34. The van der Waals surface area contributed by atoms with Crippen molar-refractivity contribution in [2.45, 2.75) is 56.0 Å². The Hall–Kier alpha value is -2.16. The molecule has 1 unspecified atom stereocenters. The van der Waals surface area contributed by atoms with Gasteiger partial charge < -0.3 is 9.73 Å². The van der Waals surface area contributed by atoms with E-state index in [1.807, 2.05) is 19.1 Å². The second-order valence-electron chi connectivity index (χ2n) is 8.21. The van der Waals surface area contributed by atoms with E-state index in [1.54, 1.807) is 18.4 Å². The van der Waals surface area contributed by atoms with Crippen LogP contribution in [0.1, 0.15) is 59.8 Å². The predicted molar refractivity (Wildman–Crippen MR) is 114 cm³/mol. The second-order valence-corrected chi connectivity index (χ2v) is 9.92. The van der Waals surface area contributed by atoms with Gasteiger partial charge in [-0.05, 0) is 75.5 Å². The Labute approximate surface area is 177 Å². The summed E-state index contributed by atoms with van der Waals surface area (Å²) in [5, 5.41) is 3.00. The molecular formula is C22H29N3O4S. The van der Waals surface area contributed by atoms with Gasteiger partial charge in [0.25, 0.3) is 5.91 Å². The zero-order chi connectivity index (χ0) is 21.1. The number of likely N-dealkylation sites (tertiary alicyclic amines) is 1. The van der Waals surface area contributed by atoms with Crippen molar-refractivity contribution in [2.24, 2.45) is 0 Å². The van der Waals surface area contributed by atoms with E-state index in [-0.39, 0.29) is 22.9 Å². The van der Waals surface area contributed by atoms with Gasteiger partial charge in [-0.2, -0.15) is 0 Å². The second kappa shape index (κ2) is 8.91. The van der Waals surface area contributed by atoms with Gasteiger partial charge in [0.2, 0.25) is 10.0 Å². The van der Waals surface area contributed by atoms with Crippen molar-refractivity contribution in [3.63, 3.8) is 0 Å². The molecule has 8 heteroatoms. The number of carbonyl (C=O) groups excluding carboxylic acids is 1. The van der Waals surface area contributed by atoms with Crippen LogP contribution in [0.3, 0.4) is 0 Å². The van der Waals surface area contributed by atoms with Crippen LogP contribution in [-0.4, -0.2) is 44.9 Å². The summed E-state index contributed by atoms with van der Waals surface area (Å²) in [5.74, 6) is 0.559. The first-order valence-corrected chi connectivity index (χ1v) is 12.1. The minimum Gasteiger partial charge on any atom is -0.468 e. The van der Waals surface area contributed by atoms with E-state index >= 15 is 0 Å². The average Bonchev–Trinajstić information content (AvgIpc) is 3.37. The number of amides is 1. The van der Waals surface area contributed by atoms with Gasteiger partial charge in [0.05, 0.1) is 17.2 Å². The Kier molecular flexibility index (Phi) is 6.26. The molecule has 0 radical (unpaired) electrons. The summed E-state index contributed by atoms with van der Waals surface area (Å²) in [5.41, 5.74) is 1.12. The van der Waals surface area contributed by atoms with Crippen LogP contribution in [0.25, 0.3) is 0 Å². The summed E-state index contributed by atoms with van der Waals surface area (Å²) in [6, 6.07) is 8.49. The van der Waals surface area contributed by atoms with E-state index in [0.717, 1.165) is 50.1 Å². The van der Waals surface area contributed by atoms with Gasteiger partial charge in [0.15, 0.2) is 0 Å². The highest BCUT2D eigenvalue weighted by atomic mass is 32.2. The Morgan fingerprint density at radius 3 is 2.63 bits per heavy atom. The summed E-state index contributed by atoms with van der Waals surface area (Å²) in [4.78, 5) is 15.4. The van der Waals surface area contributed by atoms with Gasteiger partial charge in [0.1, 0.15) is 5.76 Å². The molecule has 2 heterocycles. The number of hydrogen-bond donors (Lipinski definition) is 2. The molecule has 4 rings (SSSR count). The molecule has 1 saturated carbocycles. The highest BCUT2D eigenvalue weighted by molar-refractivity contribution is 7.89. The minimum atomic E-state index is -3.61. The standard InChI is InChI=1S/C22H29N3O4S/c1-16-7-10-18(30(27,28)24-17-8-9-17)14-19(16)22(26)23-15-20(21-6-5-13-29-21)25-11-3-2-4-12-25/h5-7,10,13-14,17,20,24H,2-4,8-9,11-12,15H2,1H3,(H,23,26). The SMILES string of the molecule is Cc1ccc(S(=O)(=O)NC2CC2)cc1C(=O)NCC(c1ccco1)N1CCCCC1. The predicted octanol–water partition coefficient (Wildman–Crippen LogP) is 2.99. The van der Waals surface area contributed by atoms with Crippen LogP contribution in [0.15, 0.2) is 45.9 Å². The summed E-state index contributed by atoms with van der Waals surface area (Å²) >= 11 is 0. The lowest BCUT2D eigenvalue weighted by atomic mass is 10.1. The molecule has 30 heavy (non-hydrogen) atoms. The quantitative estimate of drug-likeness (QED) is 0.670. The lowest BCUT2D eigenvalue weighted by Crippen LogP contribution is -2.40. The lowest BCUT2D eigenvalue weighted by Gasteiger charge is -2.33. The van der Waals surface area contributed by atoms with Crippen LogP contribution >= 0.6 is 0 Å². The van der Waals surface area contributed by atoms with Crippen molar-refractivity contribution in [1.29, 1.82) is 0 Å². The summed E-state index contributed by atoms with van der Waals surface area (Å²) in [7, 11) is -3.61. The number of furan rings is 1. The van der Waals surface area contributed by atoms with Crippen LogP contribution in [0.2, 0.25) is 0 Å². The van der Waals surface area contributed by atoms with Gasteiger partial charge in [0, 0.05) is 18.2 Å². The van der Waals surface area contributed by atoms with Crippen LogP contribution in [0, 0.1) is 6.92 Å². The molecule has 2 aliphatic rings. The van der Waals surface area contributed by atoms with E-state index in [4.69, 9.17) is 4.42 Å². The fraction of sp³-hybridized carbons (Fsp3) is 0.500. The van der Waals surface area contributed by atoms with E-state index in [9.17, 15) is 13.2 Å². The molecule has 1 aliphatic carbocycles. The van der Waals surface area contributed by atoms with Crippen LogP contribution < -0.4 is 10.0 Å². The first kappa shape index (κ1) is 21.1. The monoisotopic (exact) mass is 431 g/mol. The molecule has 1 saturated heterocycles. The minimum absolute atomic E-state index is 0.0205. The number of nitrogens with one attached hydrogen (secondary N) is 2. The van der Waals surface area contributed by atoms with Crippen LogP contribution in [0.4, 0.5) is 0 Å². The normalized spacial score (nSPS) is 18.8. The first-order valence-electron chi connectivity index (χ1n) is 10.6. The zero-order valence-electron chi connectivity index (χ0n) is 17.3. The largest absolute Gasteiger partial charge is 0.468 e. The third-order valence-electron chi connectivity index (χ3n) is 5.82. The molecule has 1 atom stereocenters. The van der Waals surface area contributed by atoms with Gasteiger partial charge in [-0.3, -0.25) is 9.69 Å². The Balaban J connectivity index is 1.49. The molecule has 1 aromatic heterocycles. The molecule has 0 bridgehead atoms. The van der Waals surface area contributed by atoms with E-state index in [0.29, 0.717) is 12.1 Å². The topological polar surface area (TPSA) is 91.6 Å². The molecule has 1 aromatic carbocycles. The maximum absolute atomic E-state index is 13.0. The Bertz CT molecular complexity index is 978. The average molecular weight is 432 g/mol. The van der Waals surface area contributed by atoms with E-state index in [1.165, 1.54) is 12.5 Å². The highest BCUT2D eigenvalue weighted by Crippen LogP contribution is 2.26. The van der Waals surface area contributed by atoms with E-state index < -0.39 is 10.0 Å². The van der Waals surface area contributed by atoms with Gasteiger partial charge in [-0.15, -0.1) is 0 Å². The number of piperidine rings is 1. The molecule has 1 aliphatic heterocycles. The number of benzene rings is 1. The molecule has 7 nitrogen and oxygen atoms in total. The van der Waals surface area contributed by atoms with Crippen molar-refractivity contribution < 1.29 is 17.6 Å². The molecular weight excluding hydrogens is 402 g/mol. The number of carbonyl (C=O) groups is 1. The van der Waals surface area contributed by atoms with E-state index in [2.05, 4.69) is 14.9 Å². The van der Waals surface area contributed by atoms with Crippen molar-refractivity contribution in [3.05, 3.63) is 53.5 Å². The van der Waals surface area contributed by atoms with Gasteiger partial charge in [-0.25, -0.2) is 13.1 Å². The Morgan fingerprint density at radius 2 is 1.97 bits per heavy atom. The molecule has 2 N–H and O–H groups in total. The van der Waals surface area contributed by atoms with Gasteiger partial charge >= 0.3 is 0 Å². The first-order chi connectivity index (χ1) is 14.4. The molecule has 0 spiro atoms. The number of hydrogen-bond acceptors (Lipinski definition) is 5. The highest BCUT2D eigenvalue weighted by Gasteiger charge is 2.29. The van der Waals surface area contributed by atoms with Crippen molar-refractivity contribution in [1.82, 2.24) is 14.9 Å². The van der Waals surface area contributed by atoms with Crippen molar-refractivity contribution in [2.75, 3.05) is 19.6 Å². The summed E-state index contributed by atoms with van der Waals surface area (Å²) < 4.78 is 33.4. The summed E-state index contributed by atoms with van der Waals surface area (Å²) in [6.07, 6.45) is 6.88. The maximum atomic E-state index is 13.0. The molecule has 2 fully saturated rings. The smallest absolute Gasteiger partial charge is 0.251 e. The van der Waals surface area contributed by atoms with Crippen molar-refractivity contribution in [3.8, 4) is 0 Å². The number of nitrogens with zero attached hydrogens (tertiary/aromatic N) is 1. The van der Waals surface area contributed by atoms with Crippen LogP contribution in [0.5, 0.6) is 0 Å². The fourth-order valence-electron chi connectivity index (χ4n) is 3.91. The molecule has 162 valence electrons. The molecule has 2 aromatic rings. The van der Waals surface area contributed by atoms with Crippen molar-refractivity contribution >= 4 is 15.9 Å².